The number of ether oxygens (including phenoxy) is 1. The molecule has 0 spiro atoms. The van der Waals surface area contributed by atoms with E-state index >= 15 is 0 Å². The first-order valence-electron chi connectivity index (χ1n) is 7.76. The summed E-state index contributed by atoms with van der Waals surface area (Å²) in [4.78, 5) is 24.7. The van der Waals surface area contributed by atoms with Gasteiger partial charge in [0.1, 0.15) is 12.3 Å². The summed E-state index contributed by atoms with van der Waals surface area (Å²) < 4.78 is 30.3. The van der Waals surface area contributed by atoms with Crippen molar-refractivity contribution >= 4 is 22.4 Å². The largest absolute Gasteiger partial charge is 0.433 e. The molecule has 0 atom stereocenters. The number of hydrogen-bond acceptors (Lipinski definition) is 4. The number of halogens is 2. The molecule has 1 N–H and O–H groups in total. The number of nitrogens with one attached hydrogen (secondary N) is 1. The molecule has 8 heteroatoms. The number of anilines is 1. The maximum Gasteiger partial charge on any atom is 0.387 e. The molecule has 134 valence electrons. The number of carbonyl (C=O) groups is 1. The van der Waals surface area contributed by atoms with Gasteiger partial charge in [0.05, 0.1) is 16.8 Å². The fourth-order valence-electron chi connectivity index (χ4n) is 2.61. The Bertz CT molecular complexity index is 1020. The molecular weight excluding hydrogens is 344 g/mol. The Morgan fingerprint density at radius 2 is 1.81 bits per heavy atom. The number of hydrogen-bond donors (Lipinski definition) is 1. The van der Waals surface area contributed by atoms with E-state index in [1.54, 1.807) is 37.3 Å². The highest BCUT2D eigenvalue weighted by atomic mass is 19.3. The van der Waals surface area contributed by atoms with Gasteiger partial charge in [-0.15, -0.1) is 0 Å². The minimum absolute atomic E-state index is 0.0864. The summed E-state index contributed by atoms with van der Waals surface area (Å²) >= 11 is 0. The number of rotatable bonds is 5. The van der Waals surface area contributed by atoms with E-state index < -0.39 is 18.1 Å². The molecule has 0 saturated heterocycles. The Morgan fingerprint density at radius 1 is 1.15 bits per heavy atom. The molecule has 26 heavy (non-hydrogen) atoms. The number of fused-ring (bicyclic) bond motifs is 1. The molecule has 1 heterocycles. The third-order valence-corrected chi connectivity index (χ3v) is 3.72. The summed E-state index contributed by atoms with van der Waals surface area (Å²) in [6.45, 7) is -1.63. The molecule has 6 nitrogen and oxygen atoms in total. The maximum absolute atomic E-state index is 12.5. The van der Waals surface area contributed by atoms with Crippen LogP contribution in [0.2, 0.25) is 0 Å². The summed E-state index contributed by atoms with van der Waals surface area (Å²) in [7, 11) is 0. The molecule has 3 aromatic rings. The number of para-hydroxylation sites is 2. The van der Waals surface area contributed by atoms with Gasteiger partial charge in [-0.05, 0) is 25.1 Å². The van der Waals surface area contributed by atoms with Crippen molar-refractivity contribution in [2.24, 2.45) is 0 Å². The van der Waals surface area contributed by atoms with Gasteiger partial charge in [0, 0.05) is 5.39 Å². The van der Waals surface area contributed by atoms with E-state index in [0.29, 0.717) is 16.5 Å². The van der Waals surface area contributed by atoms with Gasteiger partial charge >= 0.3 is 6.61 Å². The van der Waals surface area contributed by atoms with Gasteiger partial charge in [0.25, 0.3) is 5.56 Å². The van der Waals surface area contributed by atoms with Gasteiger partial charge in [0.15, 0.2) is 0 Å². The van der Waals surface area contributed by atoms with Crippen LogP contribution in [0.5, 0.6) is 5.75 Å². The highest BCUT2D eigenvalue weighted by Crippen LogP contribution is 2.25. The van der Waals surface area contributed by atoms with Crippen LogP contribution in [-0.4, -0.2) is 22.3 Å². The number of carbonyl (C=O) groups excluding carboxylic acids is 1. The molecule has 0 saturated carbocycles. The molecule has 0 unspecified atom stereocenters. The summed E-state index contributed by atoms with van der Waals surface area (Å²) in [5.41, 5.74) is 0.288. The van der Waals surface area contributed by atoms with Gasteiger partial charge in [-0.2, -0.15) is 13.9 Å². The normalized spacial score (nSPS) is 10.9. The van der Waals surface area contributed by atoms with Crippen LogP contribution in [0.3, 0.4) is 0 Å². The lowest BCUT2D eigenvalue weighted by Crippen LogP contribution is -2.30. The molecule has 0 aliphatic heterocycles. The first-order valence-corrected chi connectivity index (χ1v) is 7.76. The van der Waals surface area contributed by atoms with Crippen LogP contribution in [0.25, 0.3) is 10.8 Å². The standard InChI is InChI=1S/C18H15F2N3O3/c1-11-12-6-2-3-7-13(12)17(25)23(22-11)10-16(24)21-14-8-4-5-9-15(14)26-18(19)20/h2-9,18H,10H2,1H3,(H,21,24). The van der Waals surface area contributed by atoms with Gasteiger partial charge in [-0.1, -0.05) is 30.3 Å². The fourth-order valence-corrected chi connectivity index (χ4v) is 2.61. The summed E-state index contributed by atoms with van der Waals surface area (Å²) in [5, 5.41) is 7.77. The highest BCUT2D eigenvalue weighted by Gasteiger charge is 2.14. The molecule has 0 bridgehead atoms. The third-order valence-electron chi connectivity index (χ3n) is 3.72. The molecule has 0 aliphatic carbocycles. The Hall–Kier alpha value is -3.29. The van der Waals surface area contributed by atoms with E-state index in [-0.39, 0.29) is 18.0 Å². The topological polar surface area (TPSA) is 73.2 Å². The zero-order valence-corrected chi connectivity index (χ0v) is 13.8. The van der Waals surface area contributed by atoms with E-state index in [2.05, 4.69) is 15.2 Å². The molecule has 1 aromatic heterocycles. The van der Waals surface area contributed by atoms with E-state index in [4.69, 9.17) is 0 Å². The summed E-state index contributed by atoms with van der Waals surface area (Å²) in [6, 6.07) is 12.8. The number of benzene rings is 2. The zero-order chi connectivity index (χ0) is 18.7. The number of amides is 1. The molecular formula is C18H15F2N3O3. The lowest BCUT2D eigenvalue weighted by molar-refractivity contribution is -0.117. The smallest absolute Gasteiger partial charge is 0.387 e. The average Bonchev–Trinajstić information content (AvgIpc) is 2.61. The molecule has 0 radical (unpaired) electrons. The van der Waals surface area contributed by atoms with E-state index in [0.717, 1.165) is 4.68 Å². The van der Waals surface area contributed by atoms with Crippen LogP contribution >= 0.6 is 0 Å². The van der Waals surface area contributed by atoms with Crippen molar-refractivity contribution in [3.63, 3.8) is 0 Å². The number of nitrogens with zero attached hydrogens (tertiary/aromatic N) is 2. The highest BCUT2D eigenvalue weighted by molar-refractivity contribution is 5.92. The van der Waals surface area contributed by atoms with Gasteiger partial charge in [0.2, 0.25) is 5.91 Å². The number of alkyl halides is 2. The van der Waals surface area contributed by atoms with Crippen molar-refractivity contribution in [2.75, 3.05) is 5.32 Å². The molecule has 2 aromatic carbocycles. The van der Waals surface area contributed by atoms with Crippen molar-refractivity contribution < 1.29 is 18.3 Å². The van der Waals surface area contributed by atoms with Crippen LogP contribution in [0.4, 0.5) is 14.5 Å². The van der Waals surface area contributed by atoms with E-state index in [9.17, 15) is 18.4 Å². The van der Waals surface area contributed by atoms with Crippen molar-refractivity contribution in [3.05, 3.63) is 64.6 Å². The van der Waals surface area contributed by atoms with Crippen LogP contribution in [0.1, 0.15) is 5.69 Å². The van der Waals surface area contributed by atoms with Gasteiger partial charge in [-0.25, -0.2) is 4.68 Å². The van der Waals surface area contributed by atoms with Gasteiger partial charge in [-0.3, -0.25) is 9.59 Å². The maximum atomic E-state index is 12.5. The second-order valence-corrected chi connectivity index (χ2v) is 5.52. The fraction of sp³-hybridized carbons (Fsp3) is 0.167. The Morgan fingerprint density at radius 3 is 2.54 bits per heavy atom. The first-order chi connectivity index (χ1) is 12.5. The van der Waals surface area contributed by atoms with Crippen LogP contribution in [0, 0.1) is 6.92 Å². The summed E-state index contributed by atoms with van der Waals surface area (Å²) in [5.74, 6) is -0.745. The van der Waals surface area contributed by atoms with Gasteiger partial charge < -0.3 is 10.1 Å². The Labute approximate surface area is 147 Å². The second-order valence-electron chi connectivity index (χ2n) is 5.52. The van der Waals surface area contributed by atoms with Crippen molar-refractivity contribution in [1.82, 2.24) is 9.78 Å². The lowest BCUT2D eigenvalue weighted by atomic mass is 10.1. The first kappa shape index (κ1) is 17.5. The molecule has 3 rings (SSSR count). The minimum atomic E-state index is -3.01. The summed E-state index contributed by atoms with van der Waals surface area (Å²) in [6.07, 6.45) is 0. The molecule has 1 amide bonds. The minimum Gasteiger partial charge on any atom is -0.433 e. The van der Waals surface area contributed by atoms with Crippen LogP contribution in [-0.2, 0) is 11.3 Å². The Balaban J connectivity index is 1.85. The SMILES string of the molecule is Cc1nn(CC(=O)Nc2ccccc2OC(F)F)c(=O)c2ccccc12. The van der Waals surface area contributed by atoms with Crippen molar-refractivity contribution in [2.45, 2.75) is 20.1 Å². The second kappa shape index (κ2) is 7.30. The predicted molar refractivity (Wildman–Crippen MR) is 92.4 cm³/mol. The van der Waals surface area contributed by atoms with Crippen molar-refractivity contribution in [1.29, 1.82) is 0 Å². The number of aryl methyl sites for hydroxylation is 1. The van der Waals surface area contributed by atoms with E-state index in [1.165, 1.54) is 18.2 Å². The monoisotopic (exact) mass is 359 g/mol. The zero-order valence-electron chi connectivity index (χ0n) is 13.8. The average molecular weight is 359 g/mol. The molecule has 0 aliphatic rings. The third kappa shape index (κ3) is 3.69. The van der Waals surface area contributed by atoms with E-state index in [1.807, 2.05) is 0 Å². The molecule has 0 fully saturated rings. The van der Waals surface area contributed by atoms with Crippen molar-refractivity contribution in [3.8, 4) is 5.75 Å². The van der Waals surface area contributed by atoms with Crippen LogP contribution in [0.15, 0.2) is 53.3 Å². The Kier molecular flexibility index (Phi) is 4.92. The van der Waals surface area contributed by atoms with Crippen LogP contribution < -0.4 is 15.6 Å². The number of aromatic nitrogens is 2. The quantitative estimate of drug-likeness (QED) is 0.760. The predicted octanol–water partition coefficient (Wildman–Crippen LogP) is 2.95. The lowest BCUT2D eigenvalue weighted by Gasteiger charge is -2.12.